The van der Waals surface area contributed by atoms with Crippen molar-refractivity contribution in [2.24, 2.45) is 0 Å². The lowest BCUT2D eigenvalue weighted by atomic mass is 10.3. The summed E-state index contributed by atoms with van der Waals surface area (Å²) in [5.41, 5.74) is 1.93. The molecule has 0 aromatic carbocycles. The lowest BCUT2D eigenvalue weighted by molar-refractivity contribution is -0.138. The smallest absolute Gasteiger partial charge is 0.317 e. The van der Waals surface area contributed by atoms with Gasteiger partial charge < -0.3 is 5.11 Å². The van der Waals surface area contributed by atoms with Crippen LogP contribution in [0.25, 0.3) is 0 Å². The Labute approximate surface area is 130 Å². The second-order valence-corrected chi connectivity index (χ2v) is 5.84. The number of carbonyl (C=O) groups is 1. The summed E-state index contributed by atoms with van der Waals surface area (Å²) in [7, 11) is 0. The van der Waals surface area contributed by atoms with Crippen LogP contribution in [0.2, 0.25) is 5.02 Å². The van der Waals surface area contributed by atoms with Gasteiger partial charge in [-0.1, -0.05) is 11.6 Å². The topological polar surface area (TPSA) is 61.6 Å². The van der Waals surface area contributed by atoms with E-state index in [1.807, 2.05) is 16.5 Å². The molecular weight excluding hydrogens is 292 g/mol. The second kappa shape index (κ2) is 7.24. The van der Waals surface area contributed by atoms with Crippen molar-refractivity contribution in [3.05, 3.63) is 16.4 Å². The van der Waals surface area contributed by atoms with Crippen LogP contribution in [0.3, 0.4) is 0 Å². The normalized spacial score (nSPS) is 17.9. The van der Waals surface area contributed by atoms with E-state index in [2.05, 4.69) is 16.9 Å². The molecule has 1 aromatic heterocycles. The standard InChI is InChI=1S/C14H23ClN4O2/c1-3-19-12(14(15)11(2)16-19)9-17-5-4-6-18(8-7-17)10-13(20)21/h3-10H2,1-2H3,(H,20,21). The van der Waals surface area contributed by atoms with Gasteiger partial charge in [-0.15, -0.1) is 0 Å². The maximum Gasteiger partial charge on any atom is 0.317 e. The van der Waals surface area contributed by atoms with E-state index in [0.29, 0.717) is 0 Å². The quantitative estimate of drug-likeness (QED) is 0.891. The number of aromatic nitrogens is 2. The van der Waals surface area contributed by atoms with Crippen LogP contribution in [-0.2, 0) is 17.9 Å². The van der Waals surface area contributed by atoms with E-state index in [9.17, 15) is 4.79 Å². The van der Waals surface area contributed by atoms with E-state index in [-0.39, 0.29) is 6.54 Å². The van der Waals surface area contributed by atoms with Crippen LogP contribution in [0.4, 0.5) is 0 Å². The molecule has 2 heterocycles. The number of rotatable bonds is 5. The third kappa shape index (κ3) is 4.18. The summed E-state index contributed by atoms with van der Waals surface area (Å²) in [4.78, 5) is 15.1. The monoisotopic (exact) mass is 314 g/mol. The van der Waals surface area contributed by atoms with Crippen molar-refractivity contribution in [3.8, 4) is 0 Å². The van der Waals surface area contributed by atoms with Crippen LogP contribution in [0, 0.1) is 6.92 Å². The molecule has 1 N–H and O–H groups in total. The van der Waals surface area contributed by atoms with Crippen LogP contribution in [0.15, 0.2) is 0 Å². The zero-order chi connectivity index (χ0) is 15.4. The van der Waals surface area contributed by atoms with E-state index in [0.717, 1.165) is 62.1 Å². The highest BCUT2D eigenvalue weighted by molar-refractivity contribution is 6.31. The molecule has 0 radical (unpaired) electrons. The fraction of sp³-hybridized carbons (Fsp3) is 0.714. The van der Waals surface area contributed by atoms with Gasteiger partial charge in [0.25, 0.3) is 0 Å². The highest BCUT2D eigenvalue weighted by Gasteiger charge is 2.20. The summed E-state index contributed by atoms with van der Waals surface area (Å²) in [6.07, 6.45) is 0.976. The minimum absolute atomic E-state index is 0.126. The Morgan fingerprint density at radius 3 is 2.62 bits per heavy atom. The van der Waals surface area contributed by atoms with Crippen molar-refractivity contribution in [1.82, 2.24) is 19.6 Å². The van der Waals surface area contributed by atoms with Crippen LogP contribution in [0.1, 0.15) is 24.7 Å². The van der Waals surface area contributed by atoms with Crippen LogP contribution >= 0.6 is 11.6 Å². The molecule has 0 bridgehead atoms. The van der Waals surface area contributed by atoms with E-state index >= 15 is 0 Å². The number of carboxylic acid groups (broad SMARTS) is 1. The van der Waals surface area contributed by atoms with Gasteiger partial charge >= 0.3 is 5.97 Å². The minimum atomic E-state index is -0.758. The Hall–Kier alpha value is -1.11. The molecule has 21 heavy (non-hydrogen) atoms. The molecule has 0 aliphatic carbocycles. The first-order valence-electron chi connectivity index (χ1n) is 7.39. The maximum absolute atomic E-state index is 10.8. The van der Waals surface area contributed by atoms with Crippen molar-refractivity contribution in [3.63, 3.8) is 0 Å². The van der Waals surface area contributed by atoms with Gasteiger partial charge in [-0.2, -0.15) is 5.10 Å². The van der Waals surface area contributed by atoms with E-state index in [1.54, 1.807) is 0 Å². The Bertz CT molecular complexity index is 503. The number of aryl methyl sites for hydroxylation is 2. The molecule has 0 saturated carbocycles. The lowest BCUT2D eigenvalue weighted by Gasteiger charge is -2.21. The third-order valence-corrected chi connectivity index (χ3v) is 4.36. The molecule has 7 heteroatoms. The van der Waals surface area contributed by atoms with Gasteiger partial charge in [-0.05, 0) is 26.8 Å². The van der Waals surface area contributed by atoms with Crippen molar-refractivity contribution >= 4 is 17.6 Å². The number of hydrogen-bond acceptors (Lipinski definition) is 4. The molecule has 1 aromatic rings. The number of carboxylic acids is 1. The molecule has 118 valence electrons. The Morgan fingerprint density at radius 2 is 1.95 bits per heavy atom. The fourth-order valence-electron chi connectivity index (χ4n) is 2.76. The van der Waals surface area contributed by atoms with Crippen LogP contribution in [0.5, 0.6) is 0 Å². The van der Waals surface area contributed by atoms with Crippen molar-refractivity contribution in [2.75, 3.05) is 32.7 Å². The second-order valence-electron chi connectivity index (χ2n) is 5.46. The van der Waals surface area contributed by atoms with Crippen LogP contribution < -0.4 is 0 Å². The zero-order valence-corrected chi connectivity index (χ0v) is 13.4. The number of halogens is 1. The zero-order valence-electron chi connectivity index (χ0n) is 12.7. The Balaban J connectivity index is 1.99. The summed E-state index contributed by atoms with van der Waals surface area (Å²) in [6, 6.07) is 0. The summed E-state index contributed by atoms with van der Waals surface area (Å²) < 4.78 is 1.96. The van der Waals surface area contributed by atoms with Gasteiger partial charge in [0.1, 0.15) is 0 Å². The summed E-state index contributed by atoms with van der Waals surface area (Å²) >= 11 is 6.35. The molecule has 6 nitrogen and oxygen atoms in total. The van der Waals surface area contributed by atoms with Gasteiger partial charge in [0.2, 0.25) is 0 Å². The highest BCUT2D eigenvalue weighted by atomic mass is 35.5. The molecule has 0 unspecified atom stereocenters. The lowest BCUT2D eigenvalue weighted by Crippen LogP contribution is -2.34. The summed E-state index contributed by atoms with van der Waals surface area (Å²) in [5.74, 6) is -0.758. The van der Waals surface area contributed by atoms with Gasteiger partial charge in [0.05, 0.1) is 23.0 Å². The average Bonchev–Trinajstić information content (AvgIpc) is 2.61. The van der Waals surface area contributed by atoms with Crippen molar-refractivity contribution in [1.29, 1.82) is 0 Å². The summed E-state index contributed by atoms with van der Waals surface area (Å²) in [6.45, 7) is 9.12. The predicted octanol–water partition coefficient (Wildman–Crippen LogP) is 1.46. The minimum Gasteiger partial charge on any atom is -0.480 e. The Morgan fingerprint density at radius 1 is 1.29 bits per heavy atom. The molecule has 1 aliphatic heterocycles. The molecule has 1 saturated heterocycles. The van der Waals surface area contributed by atoms with Crippen LogP contribution in [-0.4, -0.2) is 63.4 Å². The first kappa shape index (κ1) is 16.3. The third-order valence-electron chi connectivity index (χ3n) is 3.87. The van der Waals surface area contributed by atoms with E-state index in [4.69, 9.17) is 16.7 Å². The van der Waals surface area contributed by atoms with Gasteiger partial charge in [0, 0.05) is 32.7 Å². The largest absolute Gasteiger partial charge is 0.480 e. The molecule has 2 rings (SSSR count). The van der Waals surface area contributed by atoms with E-state index < -0.39 is 5.97 Å². The first-order chi connectivity index (χ1) is 10.0. The fourth-order valence-corrected chi connectivity index (χ4v) is 2.96. The Kier molecular flexibility index (Phi) is 5.61. The average molecular weight is 315 g/mol. The number of nitrogens with zero attached hydrogens (tertiary/aromatic N) is 4. The summed E-state index contributed by atoms with van der Waals surface area (Å²) in [5, 5.41) is 14.1. The number of aliphatic carboxylic acids is 1. The molecule has 0 spiro atoms. The molecule has 1 fully saturated rings. The predicted molar refractivity (Wildman–Crippen MR) is 81.6 cm³/mol. The molecular formula is C14H23ClN4O2. The van der Waals surface area contributed by atoms with Gasteiger partial charge in [-0.25, -0.2) is 0 Å². The number of hydrogen-bond donors (Lipinski definition) is 1. The SMILES string of the molecule is CCn1nc(C)c(Cl)c1CN1CCCN(CC(=O)O)CC1. The maximum atomic E-state index is 10.8. The van der Waals surface area contributed by atoms with Gasteiger partial charge in [0.15, 0.2) is 0 Å². The molecule has 0 amide bonds. The van der Waals surface area contributed by atoms with E-state index in [1.165, 1.54) is 0 Å². The molecule has 0 atom stereocenters. The van der Waals surface area contributed by atoms with Gasteiger partial charge in [-0.3, -0.25) is 19.3 Å². The molecule has 1 aliphatic rings. The van der Waals surface area contributed by atoms with Crippen molar-refractivity contribution in [2.45, 2.75) is 33.4 Å². The van der Waals surface area contributed by atoms with Crippen molar-refractivity contribution < 1.29 is 9.90 Å². The highest BCUT2D eigenvalue weighted by Crippen LogP contribution is 2.22. The first-order valence-corrected chi connectivity index (χ1v) is 7.77.